The Morgan fingerprint density at radius 3 is 2.53 bits per heavy atom. The minimum Gasteiger partial charge on any atom is -0.390 e. The van der Waals surface area contributed by atoms with E-state index in [9.17, 15) is 5.11 Å². The highest BCUT2D eigenvalue weighted by Crippen LogP contribution is 2.47. The van der Waals surface area contributed by atoms with Gasteiger partial charge in [-0.1, -0.05) is 0 Å². The molecule has 3 heteroatoms. The van der Waals surface area contributed by atoms with Crippen LogP contribution in [0.5, 0.6) is 0 Å². The third kappa shape index (κ3) is 2.02. The van der Waals surface area contributed by atoms with E-state index in [1.807, 2.05) is 0 Å². The second-order valence-electron chi connectivity index (χ2n) is 6.35. The summed E-state index contributed by atoms with van der Waals surface area (Å²) in [6.45, 7) is 3.70. The molecule has 1 N–H and O–H groups in total. The Bertz CT molecular complexity index is 279. The Balaban J connectivity index is 1.66. The molecule has 2 heterocycles. The van der Waals surface area contributed by atoms with Crippen LogP contribution in [-0.2, 0) is 9.47 Å². The predicted octanol–water partition coefficient (Wildman–Crippen LogP) is 2.27. The van der Waals surface area contributed by atoms with Crippen molar-refractivity contribution in [2.75, 3.05) is 13.2 Å². The maximum atomic E-state index is 10.6. The smallest absolute Gasteiger partial charge is 0.0915 e. The van der Waals surface area contributed by atoms with E-state index in [4.69, 9.17) is 9.47 Å². The molecule has 0 radical (unpaired) electrons. The molecule has 98 valence electrons. The summed E-state index contributed by atoms with van der Waals surface area (Å²) in [6, 6.07) is 0. The average Bonchev–Trinajstić information content (AvgIpc) is 2.75. The first kappa shape index (κ1) is 11.9. The van der Waals surface area contributed by atoms with Gasteiger partial charge in [0, 0.05) is 13.2 Å². The Morgan fingerprint density at radius 2 is 1.94 bits per heavy atom. The van der Waals surface area contributed by atoms with Gasteiger partial charge in [0.15, 0.2) is 0 Å². The molecule has 3 nitrogen and oxygen atoms in total. The monoisotopic (exact) mass is 240 g/mol. The van der Waals surface area contributed by atoms with Crippen LogP contribution in [-0.4, -0.2) is 35.6 Å². The van der Waals surface area contributed by atoms with E-state index in [1.54, 1.807) is 0 Å². The topological polar surface area (TPSA) is 38.7 Å². The maximum absolute atomic E-state index is 10.6. The fourth-order valence-electron chi connectivity index (χ4n) is 3.79. The van der Waals surface area contributed by atoms with E-state index < -0.39 is 0 Å². The van der Waals surface area contributed by atoms with Crippen molar-refractivity contribution in [3.63, 3.8) is 0 Å². The van der Waals surface area contributed by atoms with Crippen LogP contribution in [0.25, 0.3) is 0 Å². The third-order valence-electron chi connectivity index (χ3n) is 5.12. The molecule has 0 aromatic rings. The molecule has 2 saturated heterocycles. The molecule has 3 fully saturated rings. The van der Waals surface area contributed by atoms with Crippen LogP contribution in [0, 0.1) is 5.92 Å². The molecule has 3 atom stereocenters. The van der Waals surface area contributed by atoms with Crippen molar-refractivity contribution in [2.45, 2.75) is 69.2 Å². The largest absolute Gasteiger partial charge is 0.390 e. The molecule has 3 rings (SSSR count). The maximum Gasteiger partial charge on any atom is 0.0915 e. The van der Waals surface area contributed by atoms with Gasteiger partial charge >= 0.3 is 0 Å². The summed E-state index contributed by atoms with van der Waals surface area (Å²) in [7, 11) is 0. The number of aliphatic hydroxyl groups is 1. The van der Waals surface area contributed by atoms with Gasteiger partial charge in [0.25, 0.3) is 0 Å². The van der Waals surface area contributed by atoms with Crippen LogP contribution < -0.4 is 0 Å². The van der Waals surface area contributed by atoms with Crippen molar-refractivity contribution >= 4 is 0 Å². The highest BCUT2D eigenvalue weighted by Gasteiger charge is 2.48. The summed E-state index contributed by atoms with van der Waals surface area (Å²) in [5.41, 5.74) is -0.175. The Labute approximate surface area is 103 Å². The van der Waals surface area contributed by atoms with Crippen molar-refractivity contribution in [1.29, 1.82) is 0 Å². The lowest BCUT2D eigenvalue weighted by molar-refractivity contribution is -0.180. The summed E-state index contributed by atoms with van der Waals surface area (Å²) >= 11 is 0. The van der Waals surface area contributed by atoms with Gasteiger partial charge in [0.2, 0.25) is 0 Å². The normalized spacial score (nSPS) is 42.4. The van der Waals surface area contributed by atoms with Crippen molar-refractivity contribution in [1.82, 2.24) is 0 Å². The fourth-order valence-corrected chi connectivity index (χ4v) is 3.79. The molecular weight excluding hydrogens is 216 g/mol. The van der Waals surface area contributed by atoms with Gasteiger partial charge in [-0.3, -0.25) is 0 Å². The van der Waals surface area contributed by atoms with Crippen LogP contribution in [0.1, 0.15) is 51.9 Å². The van der Waals surface area contributed by atoms with E-state index >= 15 is 0 Å². The van der Waals surface area contributed by atoms with E-state index in [0.29, 0.717) is 5.92 Å². The van der Waals surface area contributed by atoms with Crippen LogP contribution in [0.2, 0.25) is 0 Å². The zero-order chi connectivity index (χ0) is 11.9. The summed E-state index contributed by atoms with van der Waals surface area (Å²) in [5, 5.41) is 10.6. The number of rotatable bonds is 2. The van der Waals surface area contributed by atoms with Crippen molar-refractivity contribution < 1.29 is 14.6 Å². The Morgan fingerprint density at radius 1 is 1.12 bits per heavy atom. The fraction of sp³-hybridized carbons (Fsp3) is 1.00. The van der Waals surface area contributed by atoms with Gasteiger partial charge < -0.3 is 14.6 Å². The molecular formula is C14H24O3. The highest BCUT2D eigenvalue weighted by molar-refractivity contribution is 4.99. The van der Waals surface area contributed by atoms with Gasteiger partial charge in [-0.25, -0.2) is 0 Å². The second-order valence-corrected chi connectivity index (χ2v) is 6.35. The molecule has 17 heavy (non-hydrogen) atoms. The molecule has 3 aliphatic rings. The van der Waals surface area contributed by atoms with E-state index in [-0.39, 0.29) is 17.3 Å². The lowest BCUT2D eigenvalue weighted by Gasteiger charge is -2.49. The van der Waals surface area contributed by atoms with Gasteiger partial charge in [0.1, 0.15) is 0 Å². The minimum atomic E-state index is -0.314. The van der Waals surface area contributed by atoms with E-state index in [2.05, 4.69) is 6.92 Å². The van der Waals surface area contributed by atoms with Crippen molar-refractivity contribution in [3.8, 4) is 0 Å². The molecule has 0 aromatic heterocycles. The van der Waals surface area contributed by atoms with Crippen LogP contribution in [0.4, 0.5) is 0 Å². The summed E-state index contributed by atoms with van der Waals surface area (Å²) in [4.78, 5) is 0. The predicted molar refractivity (Wildman–Crippen MR) is 64.9 cm³/mol. The summed E-state index contributed by atoms with van der Waals surface area (Å²) < 4.78 is 11.7. The molecule has 1 saturated carbocycles. The molecule has 0 bridgehead atoms. The lowest BCUT2D eigenvalue weighted by Crippen LogP contribution is -2.52. The van der Waals surface area contributed by atoms with Gasteiger partial charge in [0.05, 0.1) is 17.3 Å². The summed E-state index contributed by atoms with van der Waals surface area (Å²) in [6.07, 6.45) is 7.46. The van der Waals surface area contributed by atoms with Crippen molar-refractivity contribution in [2.24, 2.45) is 5.92 Å². The number of hydrogen-bond acceptors (Lipinski definition) is 3. The van der Waals surface area contributed by atoms with Crippen LogP contribution in [0.3, 0.4) is 0 Å². The first-order chi connectivity index (χ1) is 8.14. The van der Waals surface area contributed by atoms with Crippen LogP contribution in [0.15, 0.2) is 0 Å². The molecule has 0 aromatic carbocycles. The third-order valence-corrected chi connectivity index (χ3v) is 5.12. The zero-order valence-corrected chi connectivity index (χ0v) is 10.8. The average molecular weight is 240 g/mol. The SMILES string of the molecule is CC1(C(O)C2CCOC3(CCC3)C2)CCCO1. The molecule has 2 aliphatic heterocycles. The summed E-state index contributed by atoms with van der Waals surface area (Å²) in [5.74, 6) is 0.368. The minimum absolute atomic E-state index is 0.124. The van der Waals surface area contributed by atoms with Gasteiger partial charge in [-0.2, -0.15) is 0 Å². The van der Waals surface area contributed by atoms with Gasteiger partial charge in [-0.05, 0) is 57.8 Å². The standard InChI is InChI=1S/C14H24O3/c1-13(5-3-8-16-13)12(15)11-4-9-17-14(10-11)6-2-7-14/h11-12,15H,2-10H2,1H3. The quantitative estimate of drug-likeness (QED) is 0.804. The second kappa shape index (κ2) is 4.22. The van der Waals surface area contributed by atoms with E-state index in [0.717, 1.165) is 38.9 Å². The first-order valence-corrected chi connectivity index (χ1v) is 7.10. The first-order valence-electron chi connectivity index (χ1n) is 7.10. The van der Waals surface area contributed by atoms with Crippen LogP contribution >= 0.6 is 0 Å². The van der Waals surface area contributed by atoms with E-state index in [1.165, 1.54) is 19.3 Å². The molecule has 1 spiro atoms. The molecule has 3 unspecified atom stereocenters. The lowest BCUT2D eigenvalue weighted by atomic mass is 9.69. The number of aliphatic hydroxyl groups excluding tert-OH is 1. The van der Waals surface area contributed by atoms with Gasteiger partial charge in [-0.15, -0.1) is 0 Å². The zero-order valence-electron chi connectivity index (χ0n) is 10.8. The Hall–Kier alpha value is -0.120. The number of hydrogen-bond donors (Lipinski definition) is 1. The number of ether oxygens (including phenoxy) is 2. The van der Waals surface area contributed by atoms with Crippen molar-refractivity contribution in [3.05, 3.63) is 0 Å². The highest BCUT2D eigenvalue weighted by atomic mass is 16.5. The molecule has 1 aliphatic carbocycles. The molecule has 0 amide bonds. The Kier molecular flexibility index (Phi) is 2.96.